The molecule has 0 saturated carbocycles. The van der Waals surface area contributed by atoms with E-state index in [1.54, 1.807) is 18.2 Å². The first-order valence-electron chi connectivity index (χ1n) is 7.49. The molecule has 0 unspecified atom stereocenters. The standard InChI is InChI=1S/C17H16Cl2FN3OS2/c1-10-13(18)3-2-4-15(10)21-17(25)23-22-16(24)9-26-8-11-5-6-12(20)7-14(11)19/h2-7H,8-9H2,1H3,(H,22,24)(H2,21,23,25). The van der Waals surface area contributed by atoms with Gasteiger partial charge in [-0.25, -0.2) is 4.39 Å². The van der Waals surface area contributed by atoms with Crippen molar-refractivity contribution < 1.29 is 9.18 Å². The molecule has 0 aliphatic carbocycles. The van der Waals surface area contributed by atoms with Gasteiger partial charge in [-0.3, -0.25) is 15.6 Å². The van der Waals surface area contributed by atoms with Crippen molar-refractivity contribution in [2.45, 2.75) is 12.7 Å². The second-order valence-corrected chi connectivity index (χ2v) is 7.48. The van der Waals surface area contributed by atoms with Gasteiger partial charge in [-0.05, 0) is 54.5 Å². The number of amides is 1. The molecule has 138 valence electrons. The smallest absolute Gasteiger partial charge is 0.248 e. The molecule has 0 radical (unpaired) electrons. The van der Waals surface area contributed by atoms with Gasteiger partial charge in [0.25, 0.3) is 0 Å². The van der Waals surface area contributed by atoms with Crippen LogP contribution < -0.4 is 16.2 Å². The topological polar surface area (TPSA) is 53.2 Å². The third-order valence-corrected chi connectivity index (χ3v) is 5.28. The number of benzene rings is 2. The van der Waals surface area contributed by atoms with Gasteiger partial charge in [0.2, 0.25) is 5.91 Å². The molecule has 0 aliphatic rings. The van der Waals surface area contributed by atoms with E-state index in [9.17, 15) is 9.18 Å². The van der Waals surface area contributed by atoms with E-state index >= 15 is 0 Å². The lowest BCUT2D eigenvalue weighted by molar-refractivity contribution is -0.119. The largest absolute Gasteiger partial charge is 0.331 e. The van der Waals surface area contributed by atoms with Crippen LogP contribution >= 0.6 is 47.2 Å². The molecule has 26 heavy (non-hydrogen) atoms. The lowest BCUT2D eigenvalue weighted by atomic mass is 10.2. The minimum absolute atomic E-state index is 0.194. The number of halogens is 3. The lowest BCUT2D eigenvalue weighted by Gasteiger charge is -2.13. The molecule has 0 aliphatic heterocycles. The maximum absolute atomic E-state index is 13.0. The zero-order valence-electron chi connectivity index (χ0n) is 13.7. The molecular formula is C17H16Cl2FN3OS2. The predicted octanol–water partition coefficient (Wildman–Crippen LogP) is 4.69. The number of thioether (sulfide) groups is 1. The first-order valence-corrected chi connectivity index (χ1v) is 9.81. The monoisotopic (exact) mass is 431 g/mol. The number of thiocarbonyl (C=S) groups is 1. The van der Waals surface area contributed by atoms with E-state index in [1.165, 1.54) is 23.9 Å². The zero-order valence-corrected chi connectivity index (χ0v) is 16.9. The van der Waals surface area contributed by atoms with E-state index < -0.39 is 0 Å². The van der Waals surface area contributed by atoms with Crippen LogP contribution in [0.4, 0.5) is 10.1 Å². The Balaban J connectivity index is 1.72. The Labute approximate surface area is 170 Å². The van der Waals surface area contributed by atoms with E-state index in [0.29, 0.717) is 15.8 Å². The maximum Gasteiger partial charge on any atom is 0.248 e. The Bertz CT molecular complexity index is 821. The molecule has 2 rings (SSSR count). The number of carbonyl (C=O) groups excluding carboxylic acids is 1. The SMILES string of the molecule is Cc1c(Cl)cccc1NC(=S)NNC(=O)CSCc1ccc(F)cc1Cl. The zero-order chi connectivity index (χ0) is 19.1. The highest BCUT2D eigenvalue weighted by Crippen LogP contribution is 2.23. The third kappa shape index (κ3) is 6.32. The molecular weight excluding hydrogens is 416 g/mol. The first-order chi connectivity index (χ1) is 12.4. The molecule has 4 nitrogen and oxygen atoms in total. The van der Waals surface area contributed by atoms with Crippen LogP contribution in [0.5, 0.6) is 0 Å². The van der Waals surface area contributed by atoms with Crippen LogP contribution in [0, 0.1) is 12.7 Å². The van der Waals surface area contributed by atoms with Crippen molar-refractivity contribution in [2.75, 3.05) is 11.1 Å². The molecule has 9 heteroatoms. The summed E-state index contributed by atoms with van der Waals surface area (Å²) in [6, 6.07) is 9.61. The Morgan fingerprint density at radius 3 is 2.69 bits per heavy atom. The van der Waals surface area contributed by atoms with Crippen LogP contribution in [0.3, 0.4) is 0 Å². The van der Waals surface area contributed by atoms with Crippen molar-refractivity contribution in [3.63, 3.8) is 0 Å². The molecule has 2 aromatic carbocycles. The summed E-state index contributed by atoms with van der Waals surface area (Å²) >= 11 is 18.5. The second-order valence-electron chi connectivity index (χ2n) is 5.27. The summed E-state index contributed by atoms with van der Waals surface area (Å²) in [4.78, 5) is 11.9. The van der Waals surface area contributed by atoms with Crippen molar-refractivity contribution >= 4 is 63.9 Å². The van der Waals surface area contributed by atoms with Gasteiger partial charge in [0, 0.05) is 21.5 Å². The predicted molar refractivity (Wildman–Crippen MR) is 111 cm³/mol. The molecule has 2 aromatic rings. The molecule has 0 bridgehead atoms. The van der Waals surface area contributed by atoms with Crippen LogP contribution in [0.2, 0.25) is 10.0 Å². The van der Waals surface area contributed by atoms with Gasteiger partial charge < -0.3 is 5.32 Å². The van der Waals surface area contributed by atoms with Gasteiger partial charge in [-0.2, -0.15) is 0 Å². The van der Waals surface area contributed by atoms with Crippen LogP contribution in [-0.2, 0) is 10.5 Å². The highest BCUT2D eigenvalue weighted by Gasteiger charge is 2.07. The Hall–Kier alpha value is -1.54. The highest BCUT2D eigenvalue weighted by atomic mass is 35.5. The van der Waals surface area contributed by atoms with Crippen LogP contribution in [-0.4, -0.2) is 16.8 Å². The Morgan fingerprint density at radius 2 is 1.96 bits per heavy atom. The fourth-order valence-corrected chi connectivity index (χ4v) is 3.43. The molecule has 1 amide bonds. The van der Waals surface area contributed by atoms with Gasteiger partial charge >= 0.3 is 0 Å². The van der Waals surface area contributed by atoms with Crippen molar-refractivity contribution in [1.82, 2.24) is 10.9 Å². The molecule has 0 fully saturated rings. The van der Waals surface area contributed by atoms with Crippen LogP contribution in [0.15, 0.2) is 36.4 Å². The lowest BCUT2D eigenvalue weighted by Crippen LogP contribution is -2.44. The van der Waals surface area contributed by atoms with Gasteiger partial charge in [0.1, 0.15) is 5.82 Å². The number of anilines is 1. The fourth-order valence-electron chi connectivity index (χ4n) is 1.95. The molecule has 0 spiro atoms. The summed E-state index contributed by atoms with van der Waals surface area (Å²) in [6.07, 6.45) is 0. The summed E-state index contributed by atoms with van der Waals surface area (Å²) in [6.45, 7) is 1.86. The van der Waals surface area contributed by atoms with Crippen molar-refractivity contribution in [1.29, 1.82) is 0 Å². The van der Waals surface area contributed by atoms with Gasteiger partial charge in [0.15, 0.2) is 5.11 Å². The highest BCUT2D eigenvalue weighted by molar-refractivity contribution is 7.99. The Kier molecular flexibility index (Phi) is 7.96. The van der Waals surface area contributed by atoms with Crippen molar-refractivity contribution in [3.8, 4) is 0 Å². The molecule has 0 heterocycles. The third-order valence-electron chi connectivity index (χ3n) is 3.34. The Morgan fingerprint density at radius 1 is 1.19 bits per heavy atom. The minimum Gasteiger partial charge on any atom is -0.331 e. The van der Waals surface area contributed by atoms with Crippen molar-refractivity contribution in [3.05, 3.63) is 63.4 Å². The van der Waals surface area contributed by atoms with E-state index in [0.717, 1.165) is 16.8 Å². The molecule has 0 saturated heterocycles. The number of rotatable bonds is 5. The second kappa shape index (κ2) is 9.97. The normalized spacial score (nSPS) is 10.3. The number of carbonyl (C=O) groups is 1. The summed E-state index contributed by atoms with van der Waals surface area (Å²) in [5.41, 5.74) is 7.52. The maximum atomic E-state index is 13.0. The molecule has 0 aromatic heterocycles. The van der Waals surface area contributed by atoms with E-state index in [2.05, 4.69) is 16.2 Å². The number of hydrazine groups is 1. The van der Waals surface area contributed by atoms with E-state index in [4.69, 9.17) is 35.4 Å². The van der Waals surface area contributed by atoms with Crippen molar-refractivity contribution in [2.24, 2.45) is 0 Å². The summed E-state index contributed by atoms with van der Waals surface area (Å²) in [7, 11) is 0. The molecule has 0 atom stereocenters. The number of hydrogen-bond acceptors (Lipinski definition) is 3. The van der Waals surface area contributed by atoms with Crippen LogP contribution in [0.1, 0.15) is 11.1 Å². The van der Waals surface area contributed by atoms with Gasteiger partial charge in [0.05, 0.1) is 5.75 Å². The number of nitrogens with one attached hydrogen (secondary N) is 3. The minimum atomic E-state index is -0.387. The van der Waals surface area contributed by atoms with E-state index in [-0.39, 0.29) is 22.6 Å². The number of hydrogen-bond donors (Lipinski definition) is 3. The van der Waals surface area contributed by atoms with Crippen LogP contribution in [0.25, 0.3) is 0 Å². The van der Waals surface area contributed by atoms with E-state index in [1.807, 2.05) is 13.0 Å². The van der Waals surface area contributed by atoms with Gasteiger partial charge in [-0.1, -0.05) is 35.3 Å². The summed E-state index contributed by atoms with van der Waals surface area (Å²) < 4.78 is 13.0. The quantitative estimate of drug-likeness (QED) is 0.473. The summed E-state index contributed by atoms with van der Waals surface area (Å²) in [5.74, 6) is 0.0537. The van der Waals surface area contributed by atoms with Gasteiger partial charge in [-0.15, -0.1) is 11.8 Å². The summed E-state index contributed by atoms with van der Waals surface area (Å²) in [5, 5.41) is 4.18. The average molecular weight is 432 g/mol. The average Bonchev–Trinajstić information content (AvgIpc) is 2.59. The fraction of sp³-hybridized carbons (Fsp3) is 0.176. The molecule has 3 N–H and O–H groups in total. The first kappa shape index (κ1) is 20.8.